The van der Waals surface area contributed by atoms with E-state index in [9.17, 15) is 4.79 Å². The Hall–Kier alpha value is -3.77. The summed E-state index contributed by atoms with van der Waals surface area (Å²) < 4.78 is 16.9. The molecule has 1 N–H and O–H groups in total. The lowest BCUT2D eigenvalue weighted by atomic mass is 9.90. The van der Waals surface area contributed by atoms with E-state index in [1.807, 2.05) is 43.3 Å². The monoisotopic (exact) mass is 556 g/mol. The molecule has 3 aromatic rings. The first kappa shape index (κ1) is 30.2. The lowest BCUT2D eigenvalue weighted by molar-refractivity contribution is 0.200. The summed E-state index contributed by atoms with van der Waals surface area (Å²) in [6, 6.07) is 24.3. The maximum absolute atomic E-state index is 12.0. The van der Waals surface area contributed by atoms with Crippen molar-refractivity contribution in [2.45, 2.75) is 52.4 Å². The second-order valence-electron chi connectivity index (χ2n) is 10.6. The van der Waals surface area contributed by atoms with Crippen LogP contribution < -0.4 is 19.5 Å². The fourth-order valence-corrected chi connectivity index (χ4v) is 5.23. The second-order valence-corrected chi connectivity index (χ2v) is 10.6. The molecule has 1 aliphatic rings. The van der Waals surface area contributed by atoms with Gasteiger partial charge in [0.05, 0.1) is 7.11 Å². The van der Waals surface area contributed by atoms with Gasteiger partial charge in [-0.1, -0.05) is 61.7 Å². The van der Waals surface area contributed by atoms with Crippen LogP contribution in [0.15, 0.2) is 78.4 Å². The highest BCUT2D eigenvalue weighted by atomic mass is 16.6. The number of methoxy groups -OCH3 is 1. The molecule has 0 unspecified atom stereocenters. The second kappa shape index (κ2) is 15.9. The molecule has 4 rings (SSSR count). The van der Waals surface area contributed by atoms with Gasteiger partial charge in [-0.15, -0.1) is 0 Å². The van der Waals surface area contributed by atoms with Crippen molar-refractivity contribution >= 4 is 11.7 Å². The molecule has 218 valence electrons. The fourth-order valence-electron chi connectivity index (χ4n) is 5.23. The Morgan fingerprint density at radius 2 is 1.39 bits per heavy atom. The summed E-state index contributed by atoms with van der Waals surface area (Å²) in [5.74, 6) is 2.25. The predicted octanol–water partition coefficient (Wildman–Crippen LogP) is 7.51. The summed E-state index contributed by atoms with van der Waals surface area (Å²) in [6.07, 6.45) is 6.49. The number of nitrogens with zero attached hydrogens (tertiary/aromatic N) is 1. The molecule has 1 aliphatic heterocycles. The van der Waals surface area contributed by atoms with Gasteiger partial charge in [0.25, 0.3) is 0 Å². The van der Waals surface area contributed by atoms with Crippen molar-refractivity contribution in [3.8, 4) is 17.2 Å². The molecule has 6 heteroatoms. The average molecular weight is 557 g/mol. The van der Waals surface area contributed by atoms with Crippen molar-refractivity contribution in [3.63, 3.8) is 0 Å². The van der Waals surface area contributed by atoms with Crippen molar-refractivity contribution in [1.29, 1.82) is 0 Å². The van der Waals surface area contributed by atoms with Crippen molar-refractivity contribution in [3.05, 3.63) is 95.1 Å². The highest BCUT2D eigenvalue weighted by molar-refractivity contribution is 5.82. The molecule has 0 radical (unpaired) electrons. The molecule has 0 aliphatic carbocycles. The van der Waals surface area contributed by atoms with Crippen LogP contribution >= 0.6 is 0 Å². The number of rotatable bonds is 12. The Bertz CT molecular complexity index is 1240. The summed E-state index contributed by atoms with van der Waals surface area (Å²) >= 11 is 0. The number of allylic oxidation sites excluding steroid dienone is 1. The van der Waals surface area contributed by atoms with Crippen molar-refractivity contribution in [2.24, 2.45) is 0 Å². The van der Waals surface area contributed by atoms with Crippen LogP contribution in [0.2, 0.25) is 0 Å². The van der Waals surface area contributed by atoms with E-state index >= 15 is 0 Å². The minimum atomic E-state index is -0.433. The first-order valence-electron chi connectivity index (χ1n) is 14.9. The SMILES string of the molecule is CCCNC(=O)Oc1ccc(/C(=C(/C)Cc2ccc(OC)cc2)c2ccc(OCCN3CCCCCC3)cc2)cc1. The summed E-state index contributed by atoms with van der Waals surface area (Å²) in [6.45, 7) is 8.80. The van der Waals surface area contributed by atoms with E-state index in [1.54, 1.807) is 7.11 Å². The summed E-state index contributed by atoms with van der Waals surface area (Å²) in [7, 11) is 1.68. The highest BCUT2D eigenvalue weighted by Crippen LogP contribution is 2.31. The fraction of sp³-hybridized carbons (Fsp3) is 0.400. The number of ether oxygens (including phenoxy) is 3. The Morgan fingerprint density at radius 1 is 0.805 bits per heavy atom. The first-order valence-corrected chi connectivity index (χ1v) is 14.9. The molecule has 0 aromatic heterocycles. The van der Waals surface area contributed by atoms with E-state index in [1.165, 1.54) is 49.9 Å². The Balaban J connectivity index is 1.51. The normalized spacial score (nSPS) is 14.5. The zero-order valence-electron chi connectivity index (χ0n) is 24.8. The summed E-state index contributed by atoms with van der Waals surface area (Å²) in [5, 5.41) is 2.74. The van der Waals surface area contributed by atoms with Crippen molar-refractivity contribution < 1.29 is 19.0 Å². The zero-order valence-corrected chi connectivity index (χ0v) is 24.8. The Kier molecular flexibility index (Phi) is 11.7. The summed E-state index contributed by atoms with van der Waals surface area (Å²) in [4.78, 5) is 14.5. The quantitative estimate of drug-likeness (QED) is 0.250. The van der Waals surface area contributed by atoms with Gasteiger partial charge in [0.1, 0.15) is 23.9 Å². The molecule has 0 bridgehead atoms. The number of carbonyl (C=O) groups excluding carboxylic acids is 1. The maximum atomic E-state index is 12.0. The standard InChI is InChI=1S/C35H44N2O4/c1-4-21-36-35(38)41-33-19-13-30(14-20-33)34(27(2)26-28-9-15-31(39-3)16-10-28)29-11-17-32(18-12-29)40-25-24-37-22-7-5-6-8-23-37/h9-20H,4-8,21-26H2,1-3H3,(H,36,38)/b34-27-. The molecule has 41 heavy (non-hydrogen) atoms. The third-order valence-electron chi connectivity index (χ3n) is 7.45. The topological polar surface area (TPSA) is 60.0 Å². The van der Waals surface area contributed by atoms with E-state index in [-0.39, 0.29) is 0 Å². The third kappa shape index (κ3) is 9.39. The van der Waals surface area contributed by atoms with E-state index in [2.05, 4.69) is 53.5 Å². The largest absolute Gasteiger partial charge is 0.497 e. The van der Waals surface area contributed by atoms with Crippen LogP contribution in [0.4, 0.5) is 4.79 Å². The number of benzene rings is 3. The van der Waals surface area contributed by atoms with E-state index in [4.69, 9.17) is 14.2 Å². The molecule has 0 atom stereocenters. The maximum Gasteiger partial charge on any atom is 0.412 e. The van der Waals surface area contributed by atoms with Crippen molar-refractivity contribution in [2.75, 3.05) is 39.9 Å². The molecule has 6 nitrogen and oxygen atoms in total. The van der Waals surface area contributed by atoms with Gasteiger partial charge in [-0.2, -0.15) is 0 Å². The number of hydrogen-bond acceptors (Lipinski definition) is 5. The smallest absolute Gasteiger partial charge is 0.412 e. The Morgan fingerprint density at radius 3 is 1.98 bits per heavy atom. The van der Waals surface area contributed by atoms with Gasteiger partial charge in [-0.05, 0) is 104 Å². The van der Waals surface area contributed by atoms with Crippen molar-refractivity contribution in [1.82, 2.24) is 10.2 Å². The van der Waals surface area contributed by atoms with Crippen LogP contribution in [0.3, 0.4) is 0 Å². The minimum Gasteiger partial charge on any atom is -0.497 e. The van der Waals surface area contributed by atoms with Gasteiger partial charge in [0.2, 0.25) is 0 Å². The van der Waals surface area contributed by atoms with Gasteiger partial charge in [0, 0.05) is 13.1 Å². The van der Waals surface area contributed by atoms with Crippen LogP contribution in [-0.4, -0.2) is 50.9 Å². The molecule has 1 saturated heterocycles. The third-order valence-corrected chi connectivity index (χ3v) is 7.45. The number of amides is 1. The molecule has 1 fully saturated rings. The van der Waals surface area contributed by atoms with Gasteiger partial charge in [-0.25, -0.2) is 4.79 Å². The van der Waals surface area contributed by atoms with Gasteiger partial charge >= 0.3 is 6.09 Å². The average Bonchev–Trinajstić information content (AvgIpc) is 3.27. The Labute approximate surface area is 245 Å². The lowest BCUT2D eigenvalue weighted by Crippen LogP contribution is -2.29. The summed E-state index contributed by atoms with van der Waals surface area (Å²) in [5.41, 5.74) is 5.78. The van der Waals surface area contributed by atoms with E-state index in [0.29, 0.717) is 18.9 Å². The zero-order chi connectivity index (χ0) is 28.9. The van der Waals surface area contributed by atoms with Crippen LogP contribution in [0.5, 0.6) is 17.2 Å². The molecule has 1 amide bonds. The molecule has 3 aromatic carbocycles. The number of likely N-dealkylation sites (tertiary alicyclic amines) is 1. The van der Waals surface area contributed by atoms with Gasteiger partial charge in [-0.3, -0.25) is 4.90 Å². The first-order chi connectivity index (χ1) is 20.1. The van der Waals surface area contributed by atoms with Crippen LogP contribution in [-0.2, 0) is 6.42 Å². The number of nitrogens with one attached hydrogen (secondary N) is 1. The predicted molar refractivity (Wildman–Crippen MR) is 166 cm³/mol. The van der Waals surface area contributed by atoms with E-state index in [0.717, 1.165) is 47.6 Å². The van der Waals surface area contributed by atoms with Crippen LogP contribution in [0.25, 0.3) is 5.57 Å². The number of carbonyl (C=O) groups is 1. The molecule has 0 spiro atoms. The van der Waals surface area contributed by atoms with Crippen LogP contribution in [0, 0.1) is 0 Å². The van der Waals surface area contributed by atoms with E-state index < -0.39 is 6.09 Å². The highest BCUT2D eigenvalue weighted by Gasteiger charge is 2.13. The van der Waals surface area contributed by atoms with Gasteiger partial charge < -0.3 is 19.5 Å². The number of hydrogen-bond donors (Lipinski definition) is 1. The minimum absolute atomic E-state index is 0.433. The lowest BCUT2D eigenvalue weighted by Gasteiger charge is -2.20. The molecule has 0 saturated carbocycles. The van der Waals surface area contributed by atoms with Crippen LogP contribution in [0.1, 0.15) is 62.6 Å². The molecular formula is C35H44N2O4. The molecular weight excluding hydrogens is 512 g/mol. The molecule has 1 heterocycles. The van der Waals surface area contributed by atoms with Gasteiger partial charge in [0.15, 0.2) is 0 Å².